The summed E-state index contributed by atoms with van der Waals surface area (Å²) in [4.78, 5) is 0. The van der Waals surface area contributed by atoms with Gasteiger partial charge in [0.2, 0.25) is 0 Å². The van der Waals surface area contributed by atoms with Gasteiger partial charge in [0.15, 0.2) is 11.5 Å². The smallest absolute Gasteiger partial charge is 0.166 e. The Kier molecular flexibility index (Phi) is 4.44. The first-order valence-corrected chi connectivity index (χ1v) is 6.47. The fraction of sp³-hybridized carbons (Fsp3) is 0.571. The Morgan fingerprint density at radius 1 is 1.28 bits per heavy atom. The van der Waals surface area contributed by atoms with E-state index in [1.54, 1.807) is 0 Å². The van der Waals surface area contributed by atoms with Gasteiger partial charge in [-0.3, -0.25) is 0 Å². The first-order chi connectivity index (χ1) is 8.72. The number of para-hydroxylation sites is 1. The van der Waals surface area contributed by atoms with Gasteiger partial charge in [-0.05, 0) is 12.5 Å². The molecule has 1 aromatic carbocycles. The molecule has 1 aromatic rings. The highest BCUT2D eigenvalue weighted by Gasteiger charge is 2.22. The first-order valence-electron chi connectivity index (χ1n) is 6.47. The molecule has 1 aliphatic rings. The van der Waals surface area contributed by atoms with Crippen LogP contribution in [0.1, 0.15) is 31.9 Å². The van der Waals surface area contributed by atoms with E-state index < -0.39 is 0 Å². The minimum absolute atomic E-state index is 0.0895. The zero-order valence-electron chi connectivity index (χ0n) is 11.0. The zero-order valence-corrected chi connectivity index (χ0v) is 11.0. The Morgan fingerprint density at radius 3 is 2.78 bits per heavy atom. The van der Waals surface area contributed by atoms with Crippen LogP contribution in [0.4, 0.5) is 0 Å². The molecule has 0 aromatic heterocycles. The van der Waals surface area contributed by atoms with E-state index in [4.69, 9.17) is 9.47 Å². The predicted octanol–water partition coefficient (Wildman–Crippen LogP) is 1.88. The van der Waals surface area contributed by atoms with Crippen molar-refractivity contribution in [1.82, 2.24) is 5.32 Å². The Morgan fingerprint density at radius 2 is 2.06 bits per heavy atom. The van der Waals surface area contributed by atoms with Crippen molar-refractivity contribution < 1.29 is 14.6 Å². The third-order valence-electron chi connectivity index (χ3n) is 2.92. The normalized spacial score (nSPS) is 15.8. The van der Waals surface area contributed by atoms with E-state index in [-0.39, 0.29) is 12.6 Å². The van der Waals surface area contributed by atoms with Crippen LogP contribution in [-0.2, 0) is 0 Å². The van der Waals surface area contributed by atoms with Crippen molar-refractivity contribution in [3.8, 4) is 11.5 Å². The zero-order chi connectivity index (χ0) is 13.0. The summed E-state index contributed by atoms with van der Waals surface area (Å²) in [6.07, 6.45) is 0.665. The van der Waals surface area contributed by atoms with Crippen molar-refractivity contribution in [2.45, 2.75) is 32.4 Å². The van der Waals surface area contributed by atoms with E-state index in [0.717, 1.165) is 17.1 Å². The van der Waals surface area contributed by atoms with E-state index >= 15 is 0 Å². The molecule has 0 spiro atoms. The molecule has 0 radical (unpaired) electrons. The molecule has 0 unspecified atom stereocenters. The molecule has 2 rings (SSSR count). The minimum Gasteiger partial charge on any atom is -0.486 e. The van der Waals surface area contributed by atoms with Crippen molar-refractivity contribution in [2.24, 2.45) is 0 Å². The average molecular weight is 251 g/mol. The number of hydrogen-bond acceptors (Lipinski definition) is 4. The second-order valence-corrected chi connectivity index (χ2v) is 4.76. The van der Waals surface area contributed by atoms with E-state index in [2.05, 4.69) is 19.2 Å². The number of hydrogen-bond donors (Lipinski definition) is 2. The molecular weight excluding hydrogens is 230 g/mol. The van der Waals surface area contributed by atoms with Crippen LogP contribution in [0.5, 0.6) is 11.5 Å². The summed E-state index contributed by atoms with van der Waals surface area (Å²) in [5.41, 5.74) is 1.06. The first kappa shape index (κ1) is 13.2. The van der Waals surface area contributed by atoms with Crippen LogP contribution in [0.15, 0.2) is 18.2 Å². The van der Waals surface area contributed by atoms with Gasteiger partial charge in [-0.1, -0.05) is 26.0 Å². The lowest BCUT2D eigenvalue weighted by molar-refractivity contribution is 0.167. The molecule has 4 nitrogen and oxygen atoms in total. The monoisotopic (exact) mass is 251 g/mol. The van der Waals surface area contributed by atoms with Gasteiger partial charge in [0, 0.05) is 24.3 Å². The summed E-state index contributed by atoms with van der Waals surface area (Å²) in [7, 11) is 0. The van der Waals surface area contributed by atoms with Gasteiger partial charge in [-0.15, -0.1) is 0 Å². The molecule has 1 aliphatic heterocycles. The SMILES string of the molecule is CC(C)N[C@@H](CCO)c1cccc2c1OCCO2. The second-order valence-electron chi connectivity index (χ2n) is 4.76. The van der Waals surface area contributed by atoms with Crippen LogP contribution in [-0.4, -0.2) is 31.0 Å². The van der Waals surface area contributed by atoms with Crippen LogP contribution in [0.2, 0.25) is 0 Å². The van der Waals surface area contributed by atoms with E-state index in [9.17, 15) is 5.11 Å². The van der Waals surface area contributed by atoms with Gasteiger partial charge in [0.25, 0.3) is 0 Å². The van der Waals surface area contributed by atoms with Crippen LogP contribution in [0.3, 0.4) is 0 Å². The molecule has 1 atom stereocenters. The Labute approximate surface area is 108 Å². The van der Waals surface area contributed by atoms with Gasteiger partial charge in [0.1, 0.15) is 13.2 Å². The van der Waals surface area contributed by atoms with Crippen molar-refractivity contribution in [2.75, 3.05) is 19.8 Å². The lowest BCUT2D eigenvalue weighted by Crippen LogP contribution is -2.30. The molecule has 18 heavy (non-hydrogen) atoms. The largest absolute Gasteiger partial charge is 0.486 e. The number of benzene rings is 1. The summed E-state index contributed by atoms with van der Waals surface area (Å²) in [5.74, 6) is 1.61. The molecule has 100 valence electrons. The fourth-order valence-electron chi connectivity index (χ4n) is 2.23. The molecule has 0 bridgehead atoms. The number of aliphatic hydroxyl groups excluding tert-OH is 1. The van der Waals surface area contributed by atoms with Crippen molar-refractivity contribution in [3.05, 3.63) is 23.8 Å². The third kappa shape index (κ3) is 2.94. The van der Waals surface area contributed by atoms with Crippen LogP contribution >= 0.6 is 0 Å². The Bertz CT molecular complexity index is 393. The Balaban J connectivity index is 2.28. The maximum atomic E-state index is 9.20. The minimum atomic E-state index is 0.0895. The quantitative estimate of drug-likeness (QED) is 0.839. The lowest BCUT2D eigenvalue weighted by Gasteiger charge is -2.27. The van der Waals surface area contributed by atoms with Crippen LogP contribution in [0, 0.1) is 0 Å². The van der Waals surface area contributed by atoms with Crippen LogP contribution < -0.4 is 14.8 Å². The summed E-state index contributed by atoms with van der Waals surface area (Å²) in [6, 6.07) is 6.36. The number of fused-ring (bicyclic) bond motifs is 1. The standard InChI is InChI=1S/C14H21NO3/c1-10(2)15-12(6-7-16)11-4-3-5-13-14(11)18-9-8-17-13/h3-5,10,12,15-16H,6-9H2,1-2H3/t12-/m0/s1. The third-order valence-corrected chi connectivity index (χ3v) is 2.92. The summed E-state index contributed by atoms with van der Waals surface area (Å²) < 4.78 is 11.3. The van der Waals surface area contributed by atoms with Gasteiger partial charge in [-0.25, -0.2) is 0 Å². The maximum Gasteiger partial charge on any atom is 0.166 e. The topological polar surface area (TPSA) is 50.7 Å². The van der Waals surface area contributed by atoms with Gasteiger partial charge >= 0.3 is 0 Å². The number of nitrogens with one attached hydrogen (secondary N) is 1. The molecular formula is C14H21NO3. The molecule has 1 heterocycles. The summed E-state index contributed by atoms with van der Waals surface area (Å²) in [6.45, 7) is 5.51. The highest BCUT2D eigenvalue weighted by molar-refractivity contribution is 5.48. The predicted molar refractivity (Wildman–Crippen MR) is 70.1 cm³/mol. The number of ether oxygens (including phenoxy) is 2. The highest BCUT2D eigenvalue weighted by Crippen LogP contribution is 2.37. The second kappa shape index (κ2) is 6.07. The molecule has 0 saturated carbocycles. The molecule has 0 amide bonds. The van der Waals surface area contributed by atoms with Crippen molar-refractivity contribution in [1.29, 1.82) is 0 Å². The van der Waals surface area contributed by atoms with E-state index in [1.807, 2.05) is 18.2 Å². The van der Waals surface area contributed by atoms with Crippen molar-refractivity contribution >= 4 is 0 Å². The molecule has 2 N–H and O–H groups in total. The van der Waals surface area contributed by atoms with E-state index in [0.29, 0.717) is 25.7 Å². The van der Waals surface area contributed by atoms with Gasteiger partial charge in [-0.2, -0.15) is 0 Å². The fourth-order valence-corrected chi connectivity index (χ4v) is 2.23. The molecule has 0 aliphatic carbocycles. The highest BCUT2D eigenvalue weighted by atomic mass is 16.6. The van der Waals surface area contributed by atoms with Crippen molar-refractivity contribution in [3.63, 3.8) is 0 Å². The summed E-state index contributed by atoms with van der Waals surface area (Å²) >= 11 is 0. The molecule has 0 saturated heterocycles. The molecule has 4 heteroatoms. The maximum absolute atomic E-state index is 9.20. The Hall–Kier alpha value is -1.26. The average Bonchev–Trinajstić information content (AvgIpc) is 2.37. The molecule has 0 fully saturated rings. The number of aliphatic hydroxyl groups is 1. The lowest BCUT2D eigenvalue weighted by atomic mass is 10.0. The summed E-state index contributed by atoms with van der Waals surface area (Å²) in [5, 5.41) is 12.7. The number of rotatable bonds is 5. The van der Waals surface area contributed by atoms with Gasteiger partial charge in [0.05, 0.1) is 0 Å². The van der Waals surface area contributed by atoms with Gasteiger partial charge < -0.3 is 19.9 Å². The van der Waals surface area contributed by atoms with E-state index in [1.165, 1.54) is 0 Å². The van der Waals surface area contributed by atoms with Crippen LogP contribution in [0.25, 0.3) is 0 Å².